The van der Waals surface area contributed by atoms with Gasteiger partial charge >= 0.3 is 0 Å². The lowest BCUT2D eigenvalue weighted by atomic mass is 10.0. The molecule has 2 rings (SSSR count). The molecule has 2 unspecified atom stereocenters. The van der Waals surface area contributed by atoms with E-state index < -0.39 is 0 Å². The Morgan fingerprint density at radius 1 is 1.08 bits per heavy atom. The van der Waals surface area contributed by atoms with Crippen LogP contribution in [-0.2, 0) is 0 Å². The monoisotopic (exact) mass is 183 g/mol. The molecular formula is C10H21N3. The maximum absolute atomic E-state index is 3.35. The van der Waals surface area contributed by atoms with E-state index in [2.05, 4.69) is 36.0 Å². The van der Waals surface area contributed by atoms with Crippen molar-refractivity contribution in [2.75, 3.05) is 33.2 Å². The molecule has 0 aromatic heterocycles. The van der Waals surface area contributed by atoms with Gasteiger partial charge in [-0.1, -0.05) is 0 Å². The quantitative estimate of drug-likeness (QED) is 0.616. The number of rotatable bonds is 1. The number of likely N-dealkylation sites (N-methyl/N-ethyl adjacent to an activating group) is 1. The molecular weight excluding hydrogens is 162 g/mol. The van der Waals surface area contributed by atoms with Gasteiger partial charge in [0.15, 0.2) is 0 Å². The smallest absolute Gasteiger partial charge is 0.0349 e. The molecule has 13 heavy (non-hydrogen) atoms. The lowest BCUT2D eigenvalue weighted by Crippen LogP contribution is -2.65. The summed E-state index contributed by atoms with van der Waals surface area (Å²) in [5, 5.41) is 3.35. The number of nitrogens with zero attached hydrogens (tertiary/aromatic N) is 2. The molecule has 2 heterocycles. The summed E-state index contributed by atoms with van der Waals surface area (Å²) in [6.45, 7) is 9.52. The molecule has 2 fully saturated rings. The van der Waals surface area contributed by atoms with E-state index in [0.29, 0.717) is 0 Å². The molecule has 1 N–H and O–H groups in total. The summed E-state index contributed by atoms with van der Waals surface area (Å²) in [6, 6.07) is 2.26. The van der Waals surface area contributed by atoms with E-state index in [-0.39, 0.29) is 0 Å². The minimum atomic E-state index is 0.719. The van der Waals surface area contributed by atoms with Crippen molar-refractivity contribution in [1.82, 2.24) is 15.1 Å². The Balaban J connectivity index is 1.94. The van der Waals surface area contributed by atoms with Gasteiger partial charge in [0.1, 0.15) is 0 Å². The molecule has 3 heteroatoms. The van der Waals surface area contributed by atoms with Crippen molar-refractivity contribution in [3.8, 4) is 0 Å². The third kappa shape index (κ3) is 1.73. The van der Waals surface area contributed by atoms with Crippen molar-refractivity contribution in [3.05, 3.63) is 0 Å². The van der Waals surface area contributed by atoms with Crippen LogP contribution in [0, 0.1) is 0 Å². The highest BCUT2D eigenvalue weighted by molar-refractivity contribution is 4.92. The van der Waals surface area contributed by atoms with Gasteiger partial charge in [-0.2, -0.15) is 0 Å². The topological polar surface area (TPSA) is 18.5 Å². The molecule has 0 aromatic rings. The second-order valence-corrected chi connectivity index (χ2v) is 4.65. The zero-order valence-corrected chi connectivity index (χ0v) is 8.95. The Morgan fingerprint density at radius 3 is 2.31 bits per heavy atom. The summed E-state index contributed by atoms with van der Waals surface area (Å²) < 4.78 is 0. The fourth-order valence-corrected chi connectivity index (χ4v) is 2.34. The second kappa shape index (κ2) is 3.56. The largest absolute Gasteiger partial charge is 0.314 e. The number of hydrogen-bond donors (Lipinski definition) is 1. The zero-order valence-electron chi connectivity index (χ0n) is 8.95. The fourth-order valence-electron chi connectivity index (χ4n) is 2.34. The van der Waals surface area contributed by atoms with E-state index in [9.17, 15) is 0 Å². The maximum Gasteiger partial charge on any atom is 0.0349 e. The summed E-state index contributed by atoms with van der Waals surface area (Å²) in [4.78, 5) is 5.13. The lowest BCUT2D eigenvalue weighted by molar-refractivity contribution is 0.0116. The summed E-state index contributed by atoms with van der Waals surface area (Å²) >= 11 is 0. The van der Waals surface area contributed by atoms with Gasteiger partial charge in [-0.3, -0.25) is 4.90 Å². The Labute approximate surface area is 81.1 Å². The van der Waals surface area contributed by atoms with Crippen molar-refractivity contribution in [3.63, 3.8) is 0 Å². The Bertz CT molecular complexity index is 179. The van der Waals surface area contributed by atoms with Gasteiger partial charge in [0.25, 0.3) is 0 Å². The molecule has 2 atom stereocenters. The first-order valence-corrected chi connectivity index (χ1v) is 5.35. The normalized spacial score (nSPS) is 39.0. The van der Waals surface area contributed by atoms with Gasteiger partial charge in [-0.05, 0) is 20.9 Å². The van der Waals surface area contributed by atoms with E-state index in [1.165, 1.54) is 26.2 Å². The van der Waals surface area contributed by atoms with Crippen molar-refractivity contribution in [1.29, 1.82) is 0 Å². The molecule has 0 spiro atoms. The first kappa shape index (κ1) is 9.44. The van der Waals surface area contributed by atoms with Crippen LogP contribution in [-0.4, -0.2) is 61.2 Å². The van der Waals surface area contributed by atoms with Crippen LogP contribution in [0.25, 0.3) is 0 Å². The molecule has 2 aliphatic heterocycles. The van der Waals surface area contributed by atoms with Crippen LogP contribution < -0.4 is 5.32 Å². The number of nitrogens with one attached hydrogen (secondary N) is 1. The third-order valence-electron chi connectivity index (χ3n) is 3.57. The molecule has 0 amide bonds. The van der Waals surface area contributed by atoms with Crippen LogP contribution in [0.2, 0.25) is 0 Å². The molecule has 0 radical (unpaired) electrons. The number of piperazine rings is 1. The summed E-state index contributed by atoms with van der Waals surface area (Å²) in [7, 11) is 2.23. The van der Waals surface area contributed by atoms with Crippen LogP contribution in [0.5, 0.6) is 0 Å². The van der Waals surface area contributed by atoms with Crippen molar-refractivity contribution in [2.24, 2.45) is 0 Å². The molecule has 2 aliphatic rings. The standard InChI is InChI=1S/C10H21N3/c1-8-7-13(10-4-11-5-10)9(2)6-12(8)3/h8-11H,4-7H2,1-3H3. The van der Waals surface area contributed by atoms with Gasteiger partial charge in [-0.25, -0.2) is 0 Å². The highest BCUT2D eigenvalue weighted by Crippen LogP contribution is 2.17. The van der Waals surface area contributed by atoms with Crippen LogP contribution in [0.4, 0.5) is 0 Å². The predicted molar refractivity (Wildman–Crippen MR) is 54.9 cm³/mol. The minimum absolute atomic E-state index is 0.719. The highest BCUT2D eigenvalue weighted by Gasteiger charge is 2.33. The lowest BCUT2D eigenvalue weighted by Gasteiger charge is -2.49. The summed E-state index contributed by atoms with van der Waals surface area (Å²) in [6.07, 6.45) is 0. The Kier molecular flexibility index (Phi) is 2.58. The third-order valence-corrected chi connectivity index (χ3v) is 3.57. The molecule has 3 nitrogen and oxygen atoms in total. The van der Waals surface area contributed by atoms with Gasteiger partial charge in [0, 0.05) is 44.3 Å². The van der Waals surface area contributed by atoms with Gasteiger partial charge in [0.2, 0.25) is 0 Å². The summed E-state index contributed by atoms with van der Waals surface area (Å²) in [5.41, 5.74) is 0. The van der Waals surface area contributed by atoms with E-state index in [1.807, 2.05) is 0 Å². The average molecular weight is 183 g/mol. The molecule has 0 saturated carbocycles. The van der Waals surface area contributed by atoms with Crippen molar-refractivity contribution < 1.29 is 0 Å². The fraction of sp³-hybridized carbons (Fsp3) is 1.00. The van der Waals surface area contributed by atoms with Crippen molar-refractivity contribution in [2.45, 2.75) is 32.0 Å². The van der Waals surface area contributed by atoms with Crippen LogP contribution in [0.1, 0.15) is 13.8 Å². The van der Waals surface area contributed by atoms with Gasteiger partial charge < -0.3 is 10.2 Å². The molecule has 0 aromatic carbocycles. The first-order valence-electron chi connectivity index (χ1n) is 5.35. The van der Waals surface area contributed by atoms with Gasteiger partial charge in [-0.15, -0.1) is 0 Å². The second-order valence-electron chi connectivity index (χ2n) is 4.65. The van der Waals surface area contributed by atoms with E-state index in [1.54, 1.807) is 0 Å². The molecule has 2 saturated heterocycles. The highest BCUT2D eigenvalue weighted by atomic mass is 15.3. The van der Waals surface area contributed by atoms with Crippen LogP contribution in [0.3, 0.4) is 0 Å². The SMILES string of the molecule is CC1CN(C2CNC2)C(C)CN1C. The average Bonchev–Trinajstić information content (AvgIpc) is 1.96. The van der Waals surface area contributed by atoms with Crippen LogP contribution in [0.15, 0.2) is 0 Å². The Morgan fingerprint density at radius 2 is 1.77 bits per heavy atom. The molecule has 0 bridgehead atoms. The van der Waals surface area contributed by atoms with Crippen LogP contribution >= 0.6 is 0 Å². The molecule has 76 valence electrons. The van der Waals surface area contributed by atoms with E-state index in [0.717, 1.165) is 18.1 Å². The minimum Gasteiger partial charge on any atom is -0.314 e. The predicted octanol–water partition coefficient (Wildman–Crippen LogP) is -0.0174. The van der Waals surface area contributed by atoms with E-state index in [4.69, 9.17) is 0 Å². The van der Waals surface area contributed by atoms with Crippen molar-refractivity contribution >= 4 is 0 Å². The summed E-state index contributed by atoms with van der Waals surface area (Å²) in [5.74, 6) is 0. The maximum atomic E-state index is 3.35. The Hall–Kier alpha value is -0.120. The molecule has 0 aliphatic carbocycles. The number of hydrogen-bond acceptors (Lipinski definition) is 3. The zero-order chi connectivity index (χ0) is 9.42. The van der Waals surface area contributed by atoms with Gasteiger partial charge in [0.05, 0.1) is 0 Å². The first-order chi connectivity index (χ1) is 6.18. The van der Waals surface area contributed by atoms with E-state index >= 15 is 0 Å².